The van der Waals surface area contributed by atoms with E-state index in [0.29, 0.717) is 6.42 Å². The van der Waals surface area contributed by atoms with E-state index in [2.05, 4.69) is 0 Å². The Morgan fingerprint density at radius 1 is 1.42 bits per heavy atom. The largest absolute Gasteiger partial charge is 0.341 e. The highest BCUT2D eigenvalue weighted by Crippen LogP contribution is 2.02. The summed E-state index contributed by atoms with van der Waals surface area (Å²) in [5.41, 5.74) is 5.54. The maximum atomic E-state index is 11.5. The van der Waals surface area contributed by atoms with E-state index < -0.39 is 0 Å². The van der Waals surface area contributed by atoms with E-state index in [0.717, 1.165) is 6.54 Å². The lowest BCUT2D eigenvalue weighted by molar-refractivity contribution is -0.132. The van der Waals surface area contributed by atoms with Gasteiger partial charge in [-0.25, -0.2) is 0 Å². The van der Waals surface area contributed by atoms with Gasteiger partial charge in [0.05, 0.1) is 0 Å². The van der Waals surface area contributed by atoms with Gasteiger partial charge < -0.3 is 10.6 Å². The summed E-state index contributed by atoms with van der Waals surface area (Å²) in [6.07, 6.45) is 0.450. The molecule has 1 amide bonds. The number of hydrogen-bond acceptors (Lipinski definition) is 2. The molecule has 1 unspecified atom stereocenters. The van der Waals surface area contributed by atoms with Crippen molar-refractivity contribution < 1.29 is 4.79 Å². The molecule has 1 atom stereocenters. The van der Waals surface area contributed by atoms with E-state index in [4.69, 9.17) is 5.73 Å². The minimum Gasteiger partial charge on any atom is -0.341 e. The Morgan fingerprint density at radius 3 is 2.17 bits per heavy atom. The first-order valence-electron chi connectivity index (χ1n) is 4.54. The van der Waals surface area contributed by atoms with Crippen LogP contribution in [0.5, 0.6) is 0 Å². The van der Waals surface area contributed by atoms with E-state index in [1.807, 2.05) is 32.6 Å². The van der Waals surface area contributed by atoms with Gasteiger partial charge in [-0.15, -0.1) is 0 Å². The number of carbonyl (C=O) groups is 1. The van der Waals surface area contributed by atoms with Crippen molar-refractivity contribution in [2.45, 2.75) is 46.2 Å². The monoisotopic (exact) mass is 172 g/mol. The van der Waals surface area contributed by atoms with Gasteiger partial charge in [-0.3, -0.25) is 4.79 Å². The van der Waals surface area contributed by atoms with Gasteiger partial charge in [0, 0.05) is 25.0 Å². The molecule has 0 bridgehead atoms. The Morgan fingerprint density at radius 2 is 1.92 bits per heavy atom. The van der Waals surface area contributed by atoms with Crippen LogP contribution in [0.25, 0.3) is 0 Å². The Labute approximate surface area is 74.9 Å². The molecule has 0 aliphatic heterocycles. The molecule has 2 N–H and O–H groups in total. The number of nitrogens with two attached hydrogens (primary N) is 1. The maximum absolute atomic E-state index is 11.5. The summed E-state index contributed by atoms with van der Waals surface area (Å²) >= 11 is 0. The summed E-state index contributed by atoms with van der Waals surface area (Å²) < 4.78 is 0. The van der Waals surface area contributed by atoms with Gasteiger partial charge in [-0.2, -0.15) is 0 Å². The lowest BCUT2D eigenvalue weighted by atomic mass is 10.2. The van der Waals surface area contributed by atoms with Gasteiger partial charge >= 0.3 is 0 Å². The molecule has 0 radical (unpaired) electrons. The fourth-order valence-corrected chi connectivity index (χ4v) is 1.22. The first-order valence-corrected chi connectivity index (χ1v) is 4.54. The van der Waals surface area contributed by atoms with Crippen molar-refractivity contribution >= 4 is 5.91 Å². The molecule has 0 aliphatic rings. The lowest BCUT2D eigenvalue weighted by Gasteiger charge is -2.25. The minimum absolute atomic E-state index is 0.0368. The van der Waals surface area contributed by atoms with E-state index in [1.54, 1.807) is 0 Å². The second-order valence-electron chi connectivity index (χ2n) is 3.45. The third-order valence-corrected chi connectivity index (χ3v) is 1.78. The summed E-state index contributed by atoms with van der Waals surface area (Å²) in [6, 6.07) is 0.242. The highest BCUT2D eigenvalue weighted by atomic mass is 16.2. The molecule has 12 heavy (non-hydrogen) atoms. The maximum Gasteiger partial charge on any atom is 0.224 e. The van der Waals surface area contributed by atoms with Gasteiger partial charge in [-0.05, 0) is 27.7 Å². The van der Waals surface area contributed by atoms with Crippen LogP contribution in [-0.4, -0.2) is 29.4 Å². The molecule has 0 saturated heterocycles. The summed E-state index contributed by atoms with van der Waals surface area (Å²) in [6.45, 7) is 8.64. The molecular weight excluding hydrogens is 152 g/mol. The fraction of sp³-hybridized carbons (Fsp3) is 0.889. The van der Waals surface area contributed by atoms with E-state index in [-0.39, 0.29) is 18.0 Å². The molecular formula is C9H20N2O. The Balaban J connectivity index is 4.04. The molecule has 0 aromatic rings. The summed E-state index contributed by atoms with van der Waals surface area (Å²) in [5, 5.41) is 0. The van der Waals surface area contributed by atoms with Gasteiger partial charge in [-0.1, -0.05) is 0 Å². The third kappa shape index (κ3) is 3.72. The predicted molar refractivity (Wildman–Crippen MR) is 50.8 cm³/mol. The molecule has 0 aliphatic carbocycles. The lowest BCUT2D eigenvalue weighted by Crippen LogP contribution is -2.39. The number of rotatable bonds is 4. The SMILES string of the molecule is CCN(C(=O)CC(C)N)C(C)C. The summed E-state index contributed by atoms with van der Waals surface area (Å²) in [4.78, 5) is 13.3. The highest BCUT2D eigenvalue weighted by Gasteiger charge is 2.15. The predicted octanol–water partition coefficient (Wildman–Crippen LogP) is 0.981. The third-order valence-electron chi connectivity index (χ3n) is 1.78. The smallest absolute Gasteiger partial charge is 0.224 e. The zero-order valence-electron chi connectivity index (χ0n) is 8.50. The first kappa shape index (κ1) is 11.4. The van der Waals surface area contributed by atoms with E-state index in [9.17, 15) is 4.79 Å². The number of amides is 1. The topological polar surface area (TPSA) is 46.3 Å². The molecule has 0 aromatic heterocycles. The van der Waals surface area contributed by atoms with Crippen molar-refractivity contribution in [3.63, 3.8) is 0 Å². The van der Waals surface area contributed by atoms with Gasteiger partial charge in [0.25, 0.3) is 0 Å². The van der Waals surface area contributed by atoms with Crippen LogP contribution in [-0.2, 0) is 4.79 Å². The number of carbonyl (C=O) groups excluding carboxylic acids is 1. The van der Waals surface area contributed by atoms with Gasteiger partial charge in [0.1, 0.15) is 0 Å². The highest BCUT2D eigenvalue weighted by molar-refractivity contribution is 5.76. The van der Waals surface area contributed by atoms with Crippen molar-refractivity contribution in [1.82, 2.24) is 4.90 Å². The quantitative estimate of drug-likeness (QED) is 0.687. The van der Waals surface area contributed by atoms with Gasteiger partial charge in [0.2, 0.25) is 5.91 Å². The van der Waals surface area contributed by atoms with Crippen molar-refractivity contribution in [2.75, 3.05) is 6.54 Å². The van der Waals surface area contributed by atoms with Gasteiger partial charge in [0.15, 0.2) is 0 Å². The zero-order chi connectivity index (χ0) is 9.72. The second kappa shape index (κ2) is 5.14. The molecule has 0 heterocycles. The Kier molecular flexibility index (Phi) is 4.90. The normalized spacial score (nSPS) is 13.2. The molecule has 3 heteroatoms. The van der Waals surface area contributed by atoms with Crippen LogP contribution in [0.4, 0.5) is 0 Å². The van der Waals surface area contributed by atoms with Crippen LogP contribution in [0.2, 0.25) is 0 Å². The average molecular weight is 172 g/mol. The van der Waals surface area contributed by atoms with Crippen molar-refractivity contribution in [2.24, 2.45) is 5.73 Å². The van der Waals surface area contributed by atoms with E-state index in [1.165, 1.54) is 0 Å². The van der Waals surface area contributed by atoms with Crippen LogP contribution in [0.1, 0.15) is 34.1 Å². The van der Waals surface area contributed by atoms with Crippen LogP contribution in [0.15, 0.2) is 0 Å². The minimum atomic E-state index is -0.0368. The van der Waals surface area contributed by atoms with Crippen LogP contribution in [0, 0.1) is 0 Å². The first-order chi connectivity index (χ1) is 5.49. The standard InChI is InChI=1S/C9H20N2O/c1-5-11(7(2)3)9(12)6-8(4)10/h7-8H,5-6,10H2,1-4H3. The van der Waals surface area contributed by atoms with Crippen LogP contribution < -0.4 is 5.73 Å². The van der Waals surface area contributed by atoms with Crippen LogP contribution in [0.3, 0.4) is 0 Å². The van der Waals surface area contributed by atoms with Crippen molar-refractivity contribution in [3.8, 4) is 0 Å². The second-order valence-corrected chi connectivity index (χ2v) is 3.45. The molecule has 0 aromatic carbocycles. The molecule has 0 fully saturated rings. The summed E-state index contributed by atoms with van der Waals surface area (Å²) in [7, 11) is 0. The average Bonchev–Trinajstić information content (AvgIpc) is 1.85. The molecule has 72 valence electrons. The molecule has 0 spiro atoms. The Hall–Kier alpha value is -0.570. The van der Waals surface area contributed by atoms with Crippen LogP contribution >= 0.6 is 0 Å². The van der Waals surface area contributed by atoms with Crippen molar-refractivity contribution in [1.29, 1.82) is 0 Å². The number of nitrogens with zero attached hydrogens (tertiary/aromatic N) is 1. The molecule has 0 rings (SSSR count). The van der Waals surface area contributed by atoms with Crippen molar-refractivity contribution in [3.05, 3.63) is 0 Å². The fourth-order valence-electron chi connectivity index (χ4n) is 1.22. The van der Waals surface area contributed by atoms with E-state index >= 15 is 0 Å². The summed E-state index contributed by atoms with van der Waals surface area (Å²) in [5.74, 6) is 0.155. The Bertz CT molecular complexity index is 143. The zero-order valence-corrected chi connectivity index (χ0v) is 8.50. The molecule has 3 nitrogen and oxygen atoms in total. The number of hydrogen-bond donors (Lipinski definition) is 1. The molecule has 0 saturated carbocycles.